The summed E-state index contributed by atoms with van der Waals surface area (Å²) in [6.07, 6.45) is 0.879. The lowest BCUT2D eigenvalue weighted by Gasteiger charge is -2.21. The maximum absolute atomic E-state index is 11.2. The number of rotatable bonds is 2. The normalized spacial score (nSPS) is 15.9. The van der Waals surface area contributed by atoms with Gasteiger partial charge in [-0.25, -0.2) is 4.79 Å². The number of esters is 1. The molecule has 8 heteroatoms. The number of para-hydroxylation sites is 1. The third kappa shape index (κ3) is 5.74. The van der Waals surface area contributed by atoms with Gasteiger partial charge in [0, 0.05) is 24.4 Å². The predicted octanol–water partition coefficient (Wildman–Crippen LogP) is 2.25. The van der Waals surface area contributed by atoms with Gasteiger partial charge in [-0.1, -0.05) is 30.8 Å². The summed E-state index contributed by atoms with van der Waals surface area (Å²) < 4.78 is 10.4. The van der Waals surface area contributed by atoms with Gasteiger partial charge in [-0.05, 0) is 31.3 Å². The van der Waals surface area contributed by atoms with Crippen molar-refractivity contribution in [1.82, 2.24) is 0 Å². The lowest BCUT2D eigenvalue weighted by molar-refractivity contribution is -0.149. The highest BCUT2D eigenvalue weighted by Crippen LogP contribution is 2.17. The first kappa shape index (κ1) is 18.0. The van der Waals surface area contributed by atoms with Crippen LogP contribution in [0, 0.1) is 0 Å². The minimum atomic E-state index is -0.726. The molecule has 1 aliphatic rings. The molecule has 1 aromatic carbocycles. The molecular formula is C14H16N2O4S2. The highest BCUT2D eigenvalue weighted by atomic mass is 32.1. The Hall–Kier alpha value is -2.06. The van der Waals surface area contributed by atoms with Crippen molar-refractivity contribution in [3.8, 4) is 0 Å². The average molecular weight is 340 g/mol. The molecule has 0 saturated heterocycles. The number of primary amides is 1. The largest absolute Gasteiger partial charge is 0.426 e. The Kier molecular flexibility index (Phi) is 6.87. The van der Waals surface area contributed by atoms with Gasteiger partial charge in [0.1, 0.15) is 0 Å². The Bertz CT molecular complexity index is 586. The van der Waals surface area contributed by atoms with Crippen LogP contribution in [0.15, 0.2) is 42.0 Å². The highest BCUT2D eigenvalue weighted by Gasteiger charge is 2.25. The van der Waals surface area contributed by atoms with E-state index in [0.717, 1.165) is 5.69 Å². The second kappa shape index (κ2) is 8.40. The molecule has 1 amide bonds. The number of ether oxygens (including phenoxy) is 2. The van der Waals surface area contributed by atoms with E-state index in [1.807, 2.05) is 30.3 Å². The molecule has 0 bridgehead atoms. The molecule has 1 heterocycles. The van der Waals surface area contributed by atoms with Gasteiger partial charge in [0.05, 0.1) is 0 Å². The number of hydrogen-bond acceptors (Lipinski definition) is 5. The number of hydrogen-bond donors (Lipinski definition) is 2. The van der Waals surface area contributed by atoms with Crippen LogP contribution in [-0.4, -0.2) is 29.7 Å². The minimum absolute atomic E-state index is 0.255. The van der Waals surface area contributed by atoms with Gasteiger partial charge in [0.25, 0.3) is 16.7 Å². The second-order valence-electron chi connectivity index (χ2n) is 4.24. The van der Waals surface area contributed by atoms with Crippen LogP contribution in [0.2, 0.25) is 0 Å². The second-order valence-corrected chi connectivity index (χ2v) is 5.03. The highest BCUT2D eigenvalue weighted by molar-refractivity contribution is 7.96. The molecule has 0 saturated carbocycles. The van der Waals surface area contributed by atoms with Crippen LogP contribution < -0.4 is 10.6 Å². The van der Waals surface area contributed by atoms with Crippen LogP contribution in [0.1, 0.15) is 6.92 Å². The molecule has 22 heavy (non-hydrogen) atoms. The lowest BCUT2D eigenvalue weighted by atomic mass is 10.3. The molecule has 6 nitrogen and oxygen atoms in total. The number of carbonyl (C=O) groups excluding carboxylic acids is 2. The Morgan fingerprint density at radius 3 is 2.41 bits per heavy atom. The SMILES string of the molecule is CC1=CC(OC(=S)N(C)c2ccccc2)OC1=O.NC(=O)S. The summed E-state index contributed by atoms with van der Waals surface area (Å²) >= 11 is 8.26. The summed E-state index contributed by atoms with van der Waals surface area (Å²) in [6.45, 7) is 1.68. The van der Waals surface area contributed by atoms with Crippen LogP contribution in [0.3, 0.4) is 0 Å². The van der Waals surface area contributed by atoms with Crippen molar-refractivity contribution < 1.29 is 19.1 Å². The first-order valence-corrected chi connectivity index (χ1v) is 7.04. The Labute approximate surface area is 139 Å². The summed E-state index contributed by atoms with van der Waals surface area (Å²) in [5, 5.41) is -0.384. The van der Waals surface area contributed by atoms with Gasteiger partial charge >= 0.3 is 5.97 Å². The standard InChI is InChI=1S/C13H13NO3S.CH3NOS/c1-9-8-11(16-12(9)15)17-13(18)14(2)10-6-4-3-5-7-10;2-1(3)4/h3-8,11H,1-2H3;(H3,2,3,4). The molecule has 118 valence electrons. The van der Waals surface area contributed by atoms with Gasteiger partial charge < -0.3 is 20.1 Å². The monoisotopic (exact) mass is 340 g/mol. The van der Waals surface area contributed by atoms with Crippen molar-refractivity contribution in [3.63, 3.8) is 0 Å². The van der Waals surface area contributed by atoms with Crippen LogP contribution in [0.5, 0.6) is 0 Å². The molecule has 0 fully saturated rings. The number of amides is 1. The topological polar surface area (TPSA) is 81.9 Å². The maximum Gasteiger partial charge on any atom is 0.336 e. The van der Waals surface area contributed by atoms with Crippen LogP contribution in [-0.2, 0) is 14.3 Å². The van der Waals surface area contributed by atoms with Crippen LogP contribution in [0.25, 0.3) is 0 Å². The van der Waals surface area contributed by atoms with Crippen LogP contribution in [0.4, 0.5) is 10.5 Å². The van der Waals surface area contributed by atoms with E-state index < -0.39 is 11.5 Å². The van der Waals surface area contributed by atoms with E-state index in [0.29, 0.717) is 5.57 Å². The first-order valence-electron chi connectivity index (χ1n) is 6.18. The van der Waals surface area contributed by atoms with Crippen molar-refractivity contribution in [1.29, 1.82) is 0 Å². The van der Waals surface area contributed by atoms with E-state index in [1.165, 1.54) is 0 Å². The van der Waals surface area contributed by atoms with Crippen molar-refractivity contribution in [2.24, 2.45) is 5.73 Å². The third-order valence-corrected chi connectivity index (χ3v) is 2.94. The molecular weight excluding hydrogens is 324 g/mol. The Morgan fingerprint density at radius 1 is 1.41 bits per heavy atom. The quantitative estimate of drug-likeness (QED) is 0.488. The molecule has 2 N–H and O–H groups in total. The zero-order valence-electron chi connectivity index (χ0n) is 12.1. The molecule has 0 spiro atoms. The van der Waals surface area contributed by atoms with Gasteiger partial charge in [0.15, 0.2) is 0 Å². The molecule has 1 aliphatic heterocycles. The maximum atomic E-state index is 11.2. The van der Waals surface area contributed by atoms with Gasteiger partial charge in [-0.15, -0.1) is 0 Å². The van der Waals surface area contributed by atoms with Gasteiger partial charge in [-0.2, -0.15) is 0 Å². The molecule has 1 aromatic rings. The number of anilines is 1. The summed E-state index contributed by atoms with van der Waals surface area (Å²) in [7, 11) is 1.80. The fraction of sp³-hybridized carbons (Fsp3) is 0.214. The lowest BCUT2D eigenvalue weighted by Crippen LogP contribution is -2.30. The number of thiocarbonyl (C=S) groups is 1. The number of cyclic esters (lactones) is 1. The van der Waals surface area contributed by atoms with E-state index in [9.17, 15) is 4.79 Å². The number of thiol groups is 1. The number of carbonyl (C=O) groups is 2. The average Bonchev–Trinajstić information content (AvgIpc) is 2.76. The third-order valence-electron chi connectivity index (χ3n) is 2.57. The van der Waals surface area contributed by atoms with Gasteiger partial charge in [0.2, 0.25) is 0 Å². The molecule has 0 radical (unpaired) electrons. The molecule has 2 rings (SSSR count). The predicted molar refractivity (Wildman–Crippen MR) is 90.7 cm³/mol. The molecule has 1 unspecified atom stereocenters. The number of benzene rings is 1. The minimum Gasteiger partial charge on any atom is -0.426 e. The van der Waals surface area contributed by atoms with Crippen molar-refractivity contribution in [2.75, 3.05) is 11.9 Å². The molecule has 0 aromatic heterocycles. The van der Waals surface area contributed by atoms with Crippen LogP contribution >= 0.6 is 24.8 Å². The zero-order valence-corrected chi connectivity index (χ0v) is 13.8. The van der Waals surface area contributed by atoms with E-state index >= 15 is 0 Å². The zero-order chi connectivity index (χ0) is 16.7. The van der Waals surface area contributed by atoms with Crippen molar-refractivity contribution >= 4 is 46.9 Å². The van der Waals surface area contributed by atoms with E-state index in [1.54, 1.807) is 24.9 Å². The van der Waals surface area contributed by atoms with E-state index in [2.05, 4.69) is 18.4 Å². The Balaban J connectivity index is 0.000000541. The fourth-order valence-corrected chi connectivity index (χ4v) is 1.70. The van der Waals surface area contributed by atoms with Crippen molar-refractivity contribution in [3.05, 3.63) is 42.0 Å². The van der Waals surface area contributed by atoms with Crippen molar-refractivity contribution in [2.45, 2.75) is 13.2 Å². The Morgan fingerprint density at radius 2 is 1.95 bits per heavy atom. The summed E-state index contributed by atoms with van der Waals surface area (Å²) in [5.41, 5.74) is 5.78. The van der Waals surface area contributed by atoms with Gasteiger partial charge in [-0.3, -0.25) is 4.79 Å². The summed E-state index contributed by atoms with van der Waals surface area (Å²) in [6, 6.07) is 9.57. The fourth-order valence-electron chi connectivity index (χ4n) is 1.50. The molecule has 0 aliphatic carbocycles. The smallest absolute Gasteiger partial charge is 0.336 e. The van der Waals surface area contributed by atoms with E-state index in [4.69, 9.17) is 26.5 Å². The summed E-state index contributed by atoms with van der Waals surface area (Å²) in [5.74, 6) is -0.370. The number of nitrogens with two attached hydrogens (primary N) is 1. The summed E-state index contributed by atoms with van der Waals surface area (Å²) in [4.78, 5) is 22.0. The first-order chi connectivity index (χ1) is 10.3. The van der Waals surface area contributed by atoms with E-state index in [-0.39, 0.29) is 11.1 Å². The number of nitrogens with zero attached hydrogens (tertiary/aromatic N) is 1. The molecule has 1 atom stereocenters.